The Bertz CT molecular complexity index is 557. The fourth-order valence-corrected chi connectivity index (χ4v) is 1.74. The van der Waals surface area contributed by atoms with Crippen LogP contribution >= 0.6 is 15.9 Å². The molecular formula is C11H10BrFN4. The molecule has 1 aromatic heterocycles. The normalized spacial score (nSPS) is 11.3. The number of aromatic nitrogens is 3. The molecule has 0 unspecified atom stereocenters. The van der Waals surface area contributed by atoms with Gasteiger partial charge in [-0.05, 0) is 32.0 Å². The van der Waals surface area contributed by atoms with Gasteiger partial charge in [-0.2, -0.15) is 5.10 Å². The molecule has 0 aliphatic heterocycles. The average molecular weight is 297 g/mol. The van der Waals surface area contributed by atoms with E-state index in [1.165, 1.54) is 12.3 Å². The van der Waals surface area contributed by atoms with Gasteiger partial charge in [-0.3, -0.25) is 0 Å². The van der Waals surface area contributed by atoms with E-state index in [1.807, 2.05) is 0 Å². The minimum absolute atomic E-state index is 0.319. The summed E-state index contributed by atoms with van der Waals surface area (Å²) in [5.41, 5.74) is 0.409. The van der Waals surface area contributed by atoms with Crippen LogP contribution in [0, 0.1) is 19.7 Å². The minimum Gasteiger partial charge on any atom is -0.206 e. The van der Waals surface area contributed by atoms with Crippen LogP contribution < -0.4 is 0 Å². The summed E-state index contributed by atoms with van der Waals surface area (Å²) in [5, 5.41) is 11.9. The van der Waals surface area contributed by atoms with Gasteiger partial charge in [-0.15, -0.1) is 10.2 Å². The van der Waals surface area contributed by atoms with Crippen molar-refractivity contribution in [2.24, 2.45) is 5.10 Å². The van der Waals surface area contributed by atoms with Crippen molar-refractivity contribution in [1.82, 2.24) is 14.9 Å². The van der Waals surface area contributed by atoms with E-state index in [2.05, 4.69) is 31.2 Å². The topological polar surface area (TPSA) is 43.1 Å². The van der Waals surface area contributed by atoms with Gasteiger partial charge in [0.2, 0.25) is 0 Å². The zero-order valence-electron chi connectivity index (χ0n) is 9.35. The maximum atomic E-state index is 13.4. The lowest BCUT2D eigenvalue weighted by Crippen LogP contribution is -1.97. The molecule has 0 radical (unpaired) electrons. The van der Waals surface area contributed by atoms with Gasteiger partial charge in [0, 0.05) is 10.0 Å². The highest BCUT2D eigenvalue weighted by Crippen LogP contribution is 2.14. The molecule has 0 aliphatic rings. The van der Waals surface area contributed by atoms with Crippen LogP contribution in [0.25, 0.3) is 0 Å². The Hall–Kier alpha value is -1.56. The second-order valence-corrected chi connectivity index (χ2v) is 4.43. The molecule has 1 aromatic carbocycles. The van der Waals surface area contributed by atoms with Gasteiger partial charge < -0.3 is 0 Å². The lowest BCUT2D eigenvalue weighted by Gasteiger charge is -1.99. The molecule has 6 heteroatoms. The summed E-state index contributed by atoms with van der Waals surface area (Å²) in [4.78, 5) is 0. The largest absolute Gasteiger partial charge is 0.206 e. The van der Waals surface area contributed by atoms with Gasteiger partial charge in [0.25, 0.3) is 0 Å². The molecule has 0 saturated carbocycles. The number of hydrogen-bond acceptors (Lipinski definition) is 3. The van der Waals surface area contributed by atoms with E-state index in [0.29, 0.717) is 17.2 Å². The van der Waals surface area contributed by atoms with Gasteiger partial charge in [-0.25, -0.2) is 9.07 Å². The zero-order chi connectivity index (χ0) is 12.4. The number of nitrogens with zero attached hydrogens (tertiary/aromatic N) is 4. The fraction of sp³-hybridized carbons (Fsp3) is 0.182. The van der Waals surface area contributed by atoms with Gasteiger partial charge in [0.15, 0.2) is 11.6 Å². The summed E-state index contributed by atoms with van der Waals surface area (Å²) in [6.45, 7) is 3.57. The molecule has 0 bridgehead atoms. The third-order valence-corrected chi connectivity index (χ3v) is 2.72. The summed E-state index contributed by atoms with van der Waals surface area (Å²) in [7, 11) is 0. The van der Waals surface area contributed by atoms with Crippen LogP contribution in [-0.4, -0.2) is 21.1 Å². The Labute approximate surface area is 106 Å². The van der Waals surface area contributed by atoms with E-state index < -0.39 is 0 Å². The Balaban J connectivity index is 2.35. The molecule has 2 aromatic rings. The van der Waals surface area contributed by atoms with Crippen molar-refractivity contribution in [2.75, 3.05) is 0 Å². The number of halogens is 2. The van der Waals surface area contributed by atoms with Crippen LogP contribution in [0.3, 0.4) is 0 Å². The summed E-state index contributed by atoms with van der Waals surface area (Å²) in [6, 6.07) is 4.69. The zero-order valence-corrected chi connectivity index (χ0v) is 10.9. The number of aryl methyl sites for hydroxylation is 2. The van der Waals surface area contributed by atoms with E-state index >= 15 is 0 Å². The van der Waals surface area contributed by atoms with Crippen molar-refractivity contribution in [3.8, 4) is 0 Å². The average Bonchev–Trinajstić information content (AvgIpc) is 2.61. The first-order valence-electron chi connectivity index (χ1n) is 4.96. The number of rotatable bonds is 2. The Morgan fingerprint density at radius 1 is 1.29 bits per heavy atom. The fourth-order valence-electron chi connectivity index (χ4n) is 1.36. The van der Waals surface area contributed by atoms with E-state index in [9.17, 15) is 4.39 Å². The molecule has 2 rings (SSSR count). The molecule has 88 valence electrons. The van der Waals surface area contributed by atoms with Crippen LogP contribution in [0.15, 0.2) is 27.8 Å². The van der Waals surface area contributed by atoms with Crippen molar-refractivity contribution in [3.63, 3.8) is 0 Å². The Morgan fingerprint density at radius 2 is 1.94 bits per heavy atom. The Morgan fingerprint density at radius 3 is 2.59 bits per heavy atom. The minimum atomic E-state index is -0.319. The highest BCUT2D eigenvalue weighted by molar-refractivity contribution is 9.10. The van der Waals surface area contributed by atoms with Crippen molar-refractivity contribution < 1.29 is 4.39 Å². The van der Waals surface area contributed by atoms with Crippen molar-refractivity contribution in [2.45, 2.75) is 13.8 Å². The second kappa shape index (κ2) is 4.75. The first-order chi connectivity index (χ1) is 8.08. The summed E-state index contributed by atoms with van der Waals surface area (Å²) in [5.74, 6) is 1.00. The first-order valence-corrected chi connectivity index (χ1v) is 5.75. The summed E-state index contributed by atoms with van der Waals surface area (Å²) in [6.07, 6.45) is 1.45. The smallest absolute Gasteiger partial charge is 0.151 e. The van der Waals surface area contributed by atoms with E-state index in [-0.39, 0.29) is 5.82 Å². The lowest BCUT2D eigenvalue weighted by atomic mass is 10.2. The third-order valence-electron chi connectivity index (χ3n) is 2.22. The SMILES string of the molecule is Cc1nnc(C)n1/N=C\c1cc(Br)ccc1F. The van der Waals surface area contributed by atoms with E-state index in [0.717, 1.165) is 4.47 Å². The standard InChI is InChI=1S/C11H10BrFN4/c1-7-15-16-8(2)17(7)14-6-9-5-10(12)3-4-11(9)13/h3-6H,1-2H3/b14-6-. The molecule has 0 N–H and O–H groups in total. The number of benzene rings is 1. The molecule has 0 amide bonds. The van der Waals surface area contributed by atoms with Crippen LogP contribution in [0.4, 0.5) is 4.39 Å². The van der Waals surface area contributed by atoms with Gasteiger partial charge >= 0.3 is 0 Å². The third kappa shape index (κ3) is 2.58. The highest BCUT2D eigenvalue weighted by Gasteiger charge is 2.03. The van der Waals surface area contributed by atoms with E-state index in [4.69, 9.17) is 0 Å². The first kappa shape index (κ1) is 11.9. The van der Waals surface area contributed by atoms with Crippen molar-refractivity contribution in [1.29, 1.82) is 0 Å². The van der Waals surface area contributed by atoms with Crippen molar-refractivity contribution in [3.05, 3.63) is 45.7 Å². The summed E-state index contributed by atoms with van der Waals surface area (Å²) >= 11 is 3.28. The molecule has 17 heavy (non-hydrogen) atoms. The second-order valence-electron chi connectivity index (χ2n) is 3.52. The van der Waals surface area contributed by atoms with Crippen LogP contribution in [0.2, 0.25) is 0 Å². The molecule has 0 saturated heterocycles. The quantitative estimate of drug-likeness (QED) is 0.800. The van der Waals surface area contributed by atoms with Crippen LogP contribution in [0.5, 0.6) is 0 Å². The molecule has 0 spiro atoms. The molecule has 0 fully saturated rings. The van der Waals surface area contributed by atoms with Gasteiger partial charge in [0.1, 0.15) is 5.82 Å². The van der Waals surface area contributed by atoms with Crippen LogP contribution in [0.1, 0.15) is 17.2 Å². The lowest BCUT2D eigenvalue weighted by molar-refractivity contribution is 0.625. The predicted octanol–water partition coefficient (Wildman–Crippen LogP) is 2.68. The maximum absolute atomic E-state index is 13.4. The number of hydrogen-bond donors (Lipinski definition) is 0. The van der Waals surface area contributed by atoms with Crippen molar-refractivity contribution >= 4 is 22.1 Å². The monoisotopic (exact) mass is 296 g/mol. The van der Waals surface area contributed by atoms with Gasteiger partial charge in [0.05, 0.1) is 6.21 Å². The van der Waals surface area contributed by atoms with E-state index in [1.54, 1.807) is 30.7 Å². The van der Waals surface area contributed by atoms with Crippen LogP contribution in [-0.2, 0) is 0 Å². The van der Waals surface area contributed by atoms with Gasteiger partial charge in [-0.1, -0.05) is 15.9 Å². The summed E-state index contributed by atoms with van der Waals surface area (Å²) < 4.78 is 15.8. The molecule has 1 heterocycles. The molecule has 0 atom stereocenters. The molecule has 0 aliphatic carbocycles. The molecule has 4 nitrogen and oxygen atoms in total. The molecular weight excluding hydrogens is 287 g/mol. The Kier molecular flexibility index (Phi) is 3.33. The highest BCUT2D eigenvalue weighted by atomic mass is 79.9. The predicted molar refractivity (Wildman–Crippen MR) is 66.6 cm³/mol. The maximum Gasteiger partial charge on any atom is 0.151 e.